The number of likely N-dealkylation sites (tertiary alicyclic amines) is 1. The highest BCUT2D eigenvalue weighted by atomic mass is 16.2. The number of rotatable bonds is 6. The van der Waals surface area contributed by atoms with Crippen molar-refractivity contribution >= 4 is 11.8 Å². The minimum absolute atomic E-state index is 0.00883. The Balaban J connectivity index is 1.42. The largest absolute Gasteiger partial charge is 0.356 e. The van der Waals surface area contributed by atoms with Crippen LogP contribution in [0.4, 0.5) is 0 Å². The van der Waals surface area contributed by atoms with Gasteiger partial charge in [0.15, 0.2) is 0 Å². The number of pyridine rings is 1. The number of piperidine rings is 1. The molecular weight excluding hydrogens is 354 g/mol. The van der Waals surface area contributed by atoms with E-state index in [9.17, 15) is 9.59 Å². The third-order valence-electron chi connectivity index (χ3n) is 5.27. The Labute approximate surface area is 166 Å². The van der Waals surface area contributed by atoms with E-state index in [1.54, 1.807) is 24.5 Å². The fourth-order valence-electron chi connectivity index (χ4n) is 3.66. The van der Waals surface area contributed by atoms with Gasteiger partial charge in [0.1, 0.15) is 0 Å². The van der Waals surface area contributed by atoms with Gasteiger partial charge >= 0.3 is 0 Å². The molecule has 0 bridgehead atoms. The van der Waals surface area contributed by atoms with Gasteiger partial charge in [0, 0.05) is 50.2 Å². The molecule has 1 N–H and O–H groups in total. The molecule has 1 aliphatic rings. The van der Waals surface area contributed by atoms with E-state index in [4.69, 9.17) is 0 Å². The predicted molar refractivity (Wildman–Crippen MR) is 107 cm³/mol. The van der Waals surface area contributed by atoms with Crippen molar-refractivity contribution in [3.8, 4) is 0 Å². The van der Waals surface area contributed by atoms with Gasteiger partial charge in [-0.15, -0.1) is 0 Å². The summed E-state index contributed by atoms with van der Waals surface area (Å²) in [7, 11) is 0. The van der Waals surface area contributed by atoms with Crippen molar-refractivity contribution in [2.45, 2.75) is 40.2 Å². The predicted octanol–water partition coefficient (Wildman–Crippen LogP) is 2.20. The quantitative estimate of drug-likeness (QED) is 0.829. The highest BCUT2D eigenvalue weighted by Crippen LogP contribution is 2.19. The van der Waals surface area contributed by atoms with Gasteiger partial charge in [0.05, 0.1) is 11.3 Å². The Bertz CT molecular complexity index is 809. The van der Waals surface area contributed by atoms with E-state index in [1.807, 2.05) is 23.4 Å². The van der Waals surface area contributed by atoms with Gasteiger partial charge < -0.3 is 10.2 Å². The minimum atomic E-state index is -0.0289. The molecule has 1 aliphatic heterocycles. The topological polar surface area (TPSA) is 80.1 Å². The third-order valence-corrected chi connectivity index (χ3v) is 5.27. The molecule has 0 aromatic carbocycles. The molecule has 28 heavy (non-hydrogen) atoms. The summed E-state index contributed by atoms with van der Waals surface area (Å²) in [5.74, 6) is 0.354. The molecule has 3 heterocycles. The minimum Gasteiger partial charge on any atom is -0.356 e. The molecule has 7 heteroatoms. The van der Waals surface area contributed by atoms with E-state index in [1.165, 1.54) is 0 Å². The molecule has 0 unspecified atom stereocenters. The smallest absolute Gasteiger partial charge is 0.255 e. The van der Waals surface area contributed by atoms with Crippen LogP contribution in [0.2, 0.25) is 0 Å². The molecule has 1 fully saturated rings. The van der Waals surface area contributed by atoms with Crippen molar-refractivity contribution in [1.29, 1.82) is 0 Å². The van der Waals surface area contributed by atoms with E-state index in [0.29, 0.717) is 44.0 Å². The Kier molecular flexibility index (Phi) is 6.44. The lowest BCUT2D eigenvalue weighted by atomic mass is 9.95. The number of carbonyl (C=O) groups is 2. The van der Waals surface area contributed by atoms with Crippen LogP contribution in [-0.4, -0.2) is 51.1 Å². The second-order valence-electron chi connectivity index (χ2n) is 7.77. The van der Waals surface area contributed by atoms with Crippen LogP contribution in [0.5, 0.6) is 0 Å². The van der Waals surface area contributed by atoms with Crippen molar-refractivity contribution in [3.63, 3.8) is 0 Å². The summed E-state index contributed by atoms with van der Waals surface area (Å²) in [6, 6.07) is 5.60. The van der Waals surface area contributed by atoms with Gasteiger partial charge in [-0.05, 0) is 50.8 Å². The summed E-state index contributed by atoms with van der Waals surface area (Å²) >= 11 is 0. The van der Waals surface area contributed by atoms with Crippen LogP contribution >= 0.6 is 0 Å². The first kappa shape index (κ1) is 20.0. The molecule has 150 valence electrons. The summed E-state index contributed by atoms with van der Waals surface area (Å²) < 4.78 is 1.99. The summed E-state index contributed by atoms with van der Waals surface area (Å²) in [6.45, 7) is 8.78. The fraction of sp³-hybridized carbons (Fsp3) is 0.524. The Hall–Kier alpha value is -2.70. The van der Waals surface area contributed by atoms with Crippen LogP contribution in [-0.2, 0) is 11.3 Å². The zero-order chi connectivity index (χ0) is 20.1. The number of hydrogen-bond acceptors (Lipinski definition) is 4. The number of aromatic nitrogens is 3. The van der Waals surface area contributed by atoms with E-state index in [0.717, 1.165) is 17.9 Å². The first-order valence-corrected chi connectivity index (χ1v) is 9.92. The second-order valence-corrected chi connectivity index (χ2v) is 7.77. The van der Waals surface area contributed by atoms with Gasteiger partial charge in [0.2, 0.25) is 5.91 Å². The van der Waals surface area contributed by atoms with Gasteiger partial charge in [0.25, 0.3) is 5.91 Å². The van der Waals surface area contributed by atoms with Crippen LogP contribution in [0, 0.1) is 25.7 Å². The van der Waals surface area contributed by atoms with E-state index in [2.05, 4.69) is 28.4 Å². The van der Waals surface area contributed by atoms with Crippen molar-refractivity contribution in [2.24, 2.45) is 11.8 Å². The van der Waals surface area contributed by atoms with Crippen LogP contribution in [0.1, 0.15) is 41.5 Å². The molecule has 1 saturated heterocycles. The zero-order valence-electron chi connectivity index (χ0n) is 16.9. The van der Waals surface area contributed by atoms with Gasteiger partial charge in [-0.3, -0.25) is 19.3 Å². The number of amides is 2. The molecule has 2 amide bonds. The normalized spacial score (nSPS) is 16.0. The number of carbonyl (C=O) groups excluding carboxylic acids is 2. The molecule has 2 aromatic rings. The summed E-state index contributed by atoms with van der Waals surface area (Å²) in [4.78, 5) is 30.8. The molecule has 0 spiro atoms. The molecule has 0 saturated carbocycles. The first-order chi connectivity index (χ1) is 13.4. The molecule has 1 atom stereocenters. The highest BCUT2D eigenvalue weighted by Gasteiger charge is 2.28. The molecule has 0 aliphatic carbocycles. The average Bonchev–Trinajstić information content (AvgIpc) is 3.03. The summed E-state index contributed by atoms with van der Waals surface area (Å²) in [5, 5.41) is 7.56. The van der Waals surface area contributed by atoms with E-state index in [-0.39, 0.29) is 17.7 Å². The summed E-state index contributed by atoms with van der Waals surface area (Å²) in [5.41, 5.74) is 2.76. The van der Waals surface area contributed by atoms with Crippen molar-refractivity contribution < 1.29 is 9.59 Å². The lowest BCUT2D eigenvalue weighted by Crippen LogP contribution is -2.43. The van der Waals surface area contributed by atoms with Crippen molar-refractivity contribution in [2.75, 3.05) is 19.6 Å². The van der Waals surface area contributed by atoms with Crippen molar-refractivity contribution in [1.82, 2.24) is 25.0 Å². The van der Waals surface area contributed by atoms with Gasteiger partial charge in [-0.2, -0.15) is 5.10 Å². The molecular formula is C21H29N5O2. The van der Waals surface area contributed by atoms with E-state index < -0.39 is 0 Å². The maximum Gasteiger partial charge on any atom is 0.255 e. The maximum atomic E-state index is 12.5. The Morgan fingerprint density at radius 2 is 2.04 bits per heavy atom. The van der Waals surface area contributed by atoms with Crippen LogP contribution in [0.25, 0.3) is 0 Å². The number of nitrogens with zero attached hydrogens (tertiary/aromatic N) is 4. The monoisotopic (exact) mass is 383 g/mol. The van der Waals surface area contributed by atoms with Crippen LogP contribution in [0.15, 0.2) is 30.6 Å². The zero-order valence-corrected chi connectivity index (χ0v) is 16.9. The number of hydrogen-bond donors (Lipinski definition) is 1. The highest BCUT2D eigenvalue weighted by molar-refractivity contribution is 5.94. The maximum absolute atomic E-state index is 12.5. The Morgan fingerprint density at radius 1 is 1.29 bits per heavy atom. The number of nitrogens with one attached hydrogen (secondary N) is 1. The second kappa shape index (κ2) is 8.99. The third kappa shape index (κ3) is 4.97. The molecule has 7 nitrogen and oxygen atoms in total. The molecule has 3 rings (SSSR count). The SMILES string of the molecule is Cc1cc(C)n(C[C@H](C)CNC(=O)C2CCN(C(=O)c3cccnc3)CC2)n1. The Morgan fingerprint density at radius 3 is 2.64 bits per heavy atom. The number of aryl methyl sites for hydroxylation is 2. The first-order valence-electron chi connectivity index (χ1n) is 9.92. The fourth-order valence-corrected chi connectivity index (χ4v) is 3.66. The summed E-state index contributed by atoms with van der Waals surface area (Å²) in [6.07, 6.45) is 4.64. The standard InChI is InChI=1S/C21H29N5O2/c1-15(14-26-17(3)11-16(2)24-26)12-23-20(27)18-6-9-25(10-7-18)21(28)19-5-4-8-22-13-19/h4-5,8,11,13,15,18H,6-7,9-10,12,14H2,1-3H3,(H,23,27)/t15-/m1/s1. The van der Waals surface area contributed by atoms with Gasteiger partial charge in [-0.1, -0.05) is 6.92 Å². The van der Waals surface area contributed by atoms with Crippen molar-refractivity contribution in [3.05, 3.63) is 47.5 Å². The van der Waals surface area contributed by atoms with E-state index >= 15 is 0 Å². The molecule has 2 aromatic heterocycles. The van der Waals surface area contributed by atoms with Crippen LogP contribution < -0.4 is 5.32 Å². The molecule has 0 radical (unpaired) electrons. The lowest BCUT2D eigenvalue weighted by Gasteiger charge is -2.31. The lowest BCUT2D eigenvalue weighted by molar-refractivity contribution is -0.126. The van der Waals surface area contributed by atoms with Crippen LogP contribution in [0.3, 0.4) is 0 Å². The van der Waals surface area contributed by atoms with Gasteiger partial charge in [-0.25, -0.2) is 0 Å². The average molecular weight is 383 g/mol.